The van der Waals surface area contributed by atoms with Gasteiger partial charge in [0.05, 0.1) is 13.8 Å². The van der Waals surface area contributed by atoms with Crippen molar-refractivity contribution in [3.05, 3.63) is 54.3 Å². The first kappa shape index (κ1) is 18.4. The molecule has 1 aliphatic rings. The highest BCUT2D eigenvalue weighted by molar-refractivity contribution is 6.88. The van der Waals surface area contributed by atoms with Gasteiger partial charge in [-0.25, -0.2) is 9.18 Å². The Labute approximate surface area is 155 Å². The predicted molar refractivity (Wildman–Crippen MR) is 109 cm³/mol. The van der Waals surface area contributed by atoms with E-state index < -0.39 is 8.07 Å². The number of para-hydroxylation sites is 1. The summed E-state index contributed by atoms with van der Waals surface area (Å²) in [5.41, 5.74) is 1.42. The molecule has 0 radical (unpaired) electrons. The van der Waals surface area contributed by atoms with Gasteiger partial charge in [0.1, 0.15) is 5.82 Å². The van der Waals surface area contributed by atoms with E-state index in [9.17, 15) is 9.18 Å². The average molecular weight is 372 g/mol. The van der Waals surface area contributed by atoms with Crippen LogP contribution in [0.1, 0.15) is 0 Å². The monoisotopic (exact) mass is 371 g/mol. The highest BCUT2D eigenvalue weighted by atomic mass is 28.3. The molecule has 1 heterocycles. The average Bonchev–Trinajstić information content (AvgIpc) is 2.62. The van der Waals surface area contributed by atoms with E-state index in [1.165, 1.54) is 11.3 Å². The number of hydrogen-bond acceptors (Lipinski definition) is 2. The largest absolute Gasteiger partial charge is 0.366 e. The topological polar surface area (TPSA) is 35.6 Å². The number of benzene rings is 2. The zero-order chi connectivity index (χ0) is 18.7. The Kier molecular flexibility index (Phi) is 5.32. The lowest BCUT2D eigenvalue weighted by Gasteiger charge is -2.36. The van der Waals surface area contributed by atoms with E-state index in [0.717, 1.165) is 5.69 Å². The number of carbonyl (C=O) groups excluding carboxylic acids is 1. The highest BCUT2D eigenvalue weighted by Gasteiger charge is 2.23. The van der Waals surface area contributed by atoms with E-state index in [2.05, 4.69) is 37.1 Å². The van der Waals surface area contributed by atoms with Gasteiger partial charge < -0.3 is 15.1 Å². The van der Waals surface area contributed by atoms with Gasteiger partial charge in [0, 0.05) is 31.9 Å². The minimum Gasteiger partial charge on any atom is -0.366 e. The van der Waals surface area contributed by atoms with Gasteiger partial charge in [-0.05, 0) is 24.3 Å². The molecular weight excluding hydrogens is 345 g/mol. The maximum absolute atomic E-state index is 13.9. The molecule has 2 aromatic rings. The second-order valence-electron chi connectivity index (χ2n) is 7.68. The molecule has 2 aromatic carbocycles. The fourth-order valence-electron chi connectivity index (χ4n) is 3.11. The minimum atomic E-state index is -1.33. The predicted octanol–water partition coefficient (Wildman–Crippen LogP) is 3.73. The van der Waals surface area contributed by atoms with Crippen molar-refractivity contribution in [1.82, 2.24) is 4.90 Å². The Morgan fingerprint density at radius 2 is 1.58 bits per heavy atom. The van der Waals surface area contributed by atoms with Crippen LogP contribution < -0.4 is 15.4 Å². The summed E-state index contributed by atoms with van der Waals surface area (Å²) in [5, 5.41) is 4.34. The summed E-state index contributed by atoms with van der Waals surface area (Å²) < 4.78 is 13.9. The first-order valence-corrected chi connectivity index (χ1v) is 12.5. The van der Waals surface area contributed by atoms with Crippen LogP contribution in [0, 0.1) is 5.82 Å². The van der Waals surface area contributed by atoms with Crippen molar-refractivity contribution in [1.29, 1.82) is 0 Å². The van der Waals surface area contributed by atoms with Crippen LogP contribution in [0.25, 0.3) is 0 Å². The number of halogens is 1. The van der Waals surface area contributed by atoms with E-state index in [1.54, 1.807) is 17.0 Å². The molecule has 1 saturated heterocycles. The summed E-state index contributed by atoms with van der Waals surface area (Å²) in [6.07, 6.45) is 0. The fourth-order valence-corrected chi connectivity index (χ4v) is 4.28. The lowest BCUT2D eigenvalue weighted by molar-refractivity contribution is 0.208. The lowest BCUT2D eigenvalue weighted by atomic mass is 10.2. The third-order valence-corrected chi connectivity index (χ3v) is 6.83. The molecule has 3 rings (SSSR count). The first-order valence-electron chi connectivity index (χ1n) is 9.00. The van der Waals surface area contributed by atoms with E-state index in [-0.39, 0.29) is 11.8 Å². The van der Waals surface area contributed by atoms with Gasteiger partial charge in [-0.15, -0.1) is 0 Å². The van der Waals surface area contributed by atoms with Crippen LogP contribution in [-0.2, 0) is 0 Å². The quantitative estimate of drug-likeness (QED) is 0.835. The molecular formula is C20H26FN3OSi. The minimum absolute atomic E-state index is 0.0982. The molecule has 138 valence electrons. The summed E-state index contributed by atoms with van der Waals surface area (Å²) >= 11 is 0. The molecule has 2 amide bonds. The van der Waals surface area contributed by atoms with Crippen LogP contribution in [0.2, 0.25) is 19.6 Å². The number of piperazine rings is 1. The van der Waals surface area contributed by atoms with Gasteiger partial charge >= 0.3 is 6.03 Å². The van der Waals surface area contributed by atoms with Gasteiger partial charge in [0.15, 0.2) is 0 Å². The number of anilines is 2. The zero-order valence-electron chi connectivity index (χ0n) is 15.6. The second-order valence-corrected chi connectivity index (χ2v) is 12.8. The molecule has 6 heteroatoms. The third kappa shape index (κ3) is 4.25. The Morgan fingerprint density at radius 1 is 0.962 bits per heavy atom. The zero-order valence-corrected chi connectivity index (χ0v) is 16.6. The number of nitrogens with zero attached hydrogens (tertiary/aromatic N) is 2. The molecule has 0 aliphatic carbocycles. The smallest absolute Gasteiger partial charge is 0.321 e. The first-order chi connectivity index (χ1) is 12.3. The Hall–Kier alpha value is -2.34. The van der Waals surface area contributed by atoms with Gasteiger partial charge in [-0.2, -0.15) is 0 Å². The Morgan fingerprint density at radius 3 is 2.15 bits per heavy atom. The number of hydrogen-bond donors (Lipinski definition) is 1. The number of carbonyl (C=O) groups is 1. The summed E-state index contributed by atoms with van der Waals surface area (Å²) in [6, 6.07) is 14.8. The summed E-state index contributed by atoms with van der Waals surface area (Å²) in [7, 11) is -1.33. The van der Waals surface area contributed by atoms with Crippen LogP contribution >= 0.6 is 0 Å². The molecule has 26 heavy (non-hydrogen) atoms. The number of nitrogens with one attached hydrogen (secondary N) is 1. The summed E-state index contributed by atoms with van der Waals surface area (Å²) in [6.45, 7) is 9.31. The number of amides is 2. The number of urea groups is 1. The van der Waals surface area contributed by atoms with Crippen molar-refractivity contribution < 1.29 is 9.18 Å². The maximum atomic E-state index is 13.9. The van der Waals surface area contributed by atoms with Gasteiger partial charge in [-0.1, -0.05) is 49.1 Å². The van der Waals surface area contributed by atoms with Crippen molar-refractivity contribution in [3.8, 4) is 0 Å². The van der Waals surface area contributed by atoms with Crippen molar-refractivity contribution >= 4 is 30.7 Å². The van der Waals surface area contributed by atoms with Crippen LogP contribution in [0.4, 0.5) is 20.6 Å². The number of rotatable bonds is 3. The Balaban J connectivity index is 1.56. The van der Waals surface area contributed by atoms with Crippen LogP contribution in [-0.4, -0.2) is 45.2 Å². The molecule has 1 N–H and O–H groups in total. The van der Waals surface area contributed by atoms with Crippen molar-refractivity contribution in [2.45, 2.75) is 19.6 Å². The van der Waals surface area contributed by atoms with E-state index in [0.29, 0.717) is 31.9 Å². The van der Waals surface area contributed by atoms with Crippen LogP contribution in [0.15, 0.2) is 48.5 Å². The van der Waals surface area contributed by atoms with Crippen molar-refractivity contribution in [2.75, 3.05) is 36.4 Å². The molecule has 0 spiro atoms. The molecule has 1 aliphatic heterocycles. The van der Waals surface area contributed by atoms with E-state index >= 15 is 0 Å². The SMILES string of the molecule is C[Si](C)(C)c1ccc(NC(=O)N2CCN(c3ccccc3F)CC2)cc1. The lowest BCUT2D eigenvalue weighted by Crippen LogP contribution is -2.50. The van der Waals surface area contributed by atoms with Gasteiger partial charge in [0.25, 0.3) is 0 Å². The highest BCUT2D eigenvalue weighted by Crippen LogP contribution is 2.20. The molecule has 0 atom stereocenters. The van der Waals surface area contributed by atoms with Gasteiger partial charge in [-0.3, -0.25) is 0 Å². The molecule has 0 unspecified atom stereocenters. The third-order valence-electron chi connectivity index (χ3n) is 4.76. The van der Waals surface area contributed by atoms with Crippen molar-refractivity contribution in [3.63, 3.8) is 0 Å². The standard InChI is InChI=1S/C20H26FN3OSi/c1-26(2,3)17-10-8-16(9-11-17)22-20(25)24-14-12-23(13-15-24)19-7-5-4-6-18(19)21/h4-11H,12-15H2,1-3H3,(H,22,25). The van der Waals surface area contributed by atoms with E-state index in [1.807, 2.05) is 23.1 Å². The second kappa shape index (κ2) is 7.49. The normalized spacial score (nSPS) is 15.1. The maximum Gasteiger partial charge on any atom is 0.321 e. The molecule has 0 aromatic heterocycles. The van der Waals surface area contributed by atoms with Crippen LogP contribution in [0.5, 0.6) is 0 Å². The molecule has 0 saturated carbocycles. The van der Waals surface area contributed by atoms with Gasteiger partial charge in [0.2, 0.25) is 0 Å². The van der Waals surface area contributed by atoms with Crippen molar-refractivity contribution in [2.24, 2.45) is 0 Å². The van der Waals surface area contributed by atoms with Crippen LogP contribution in [0.3, 0.4) is 0 Å². The molecule has 0 bridgehead atoms. The Bertz CT molecular complexity index is 765. The fraction of sp³-hybridized carbons (Fsp3) is 0.350. The summed E-state index contributed by atoms with van der Waals surface area (Å²) in [4.78, 5) is 16.3. The molecule has 4 nitrogen and oxygen atoms in total. The summed E-state index contributed by atoms with van der Waals surface area (Å²) in [5.74, 6) is -0.215. The molecule has 1 fully saturated rings. The van der Waals surface area contributed by atoms with E-state index in [4.69, 9.17) is 0 Å².